The van der Waals surface area contributed by atoms with Crippen LogP contribution in [0.5, 0.6) is 0 Å². The number of hydrogen-bond acceptors (Lipinski definition) is 4. The van der Waals surface area contributed by atoms with Gasteiger partial charge in [-0.3, -0.25) is 9.78 Å². The van der Waals surface area contributed by atoms with Gasteiger partial charge in [0.15, 0.2) is 0 Å². The number of nitrogens with two attached hydrogens (primary N) is 1. The predicted molar refractivity (Wildman–Crippen MR) is 43.5 cm³/mol. The third-order valence-corrected chi connectivity index (χ3v) is 1.30. The van der Waals surface area contributed by atoms with Gasteiger partial charge in [0.1, 0.15) is 12.4 Å². The molecule has 0 aliphatic carbocycles. The number of pyridine rings is 1. The number of hydrogen-bond donors (Lipinski definition) is 3. The quantitative estimate of drug-likeness (QED) is 0.531. The Bertz CT molecular complexity index is 288. The lowest BCUT2D eigenvalue weighted by Crippen LogP contribution is -2.13. The van der Waals surface area contributed by atoms with Gasteiger partial charge in [-0.1, -0.05) is 0 Å². The third kappa shape index (κ3) is 1.93. The van der Waals surface area contributed by atoms with Crippen LogP contribution in [-0.4, -0.2) is 22.7 Å². The summed E-state index contributed by atoms with van der Waals surface area (Å²) in [7, 11) is 0. The van der Waals surface area contributed by atoms with E-state index in [1.807, 2.05) is 0 Å². The Morgan fingerprint density at radius 3 is 3.08 bits per heavy atom. The highest BCUT2D eigenvalue weighted by Crippen LogP contribution is 2.06. The number of carbonyl (C=O) groups is 1. The van der Waals surface area contributed by atoms with Crippen LogP contribution < -0.4 is 11.1 Å². The summed E-state index contributed by atoms with van der Waals surface area (Å²) >= 11 is 0. The first-order valence-corrected chi connectivity index (χ1v) is 3.34. The first-order chi connectivity index (χ1) is 5.74. The molecule has 0 radical (unpaired) electrons. The molecule has 0 aliphatic rings. The van der Waals surface area contributed by atoms with Gasteiger partial charge in [-0.05, 0) is 12.1 Å². The summed E-state index contributed by atoms with van der Waals surface area (Å²) in [5.74, 6) is -0.586. The zero-order chi connectivity index (χ0) is 8.97. The number of carbonyl (C=O) groups excluding carboxylic acids is 1. The summed E-state index contributed by atoms with van der Waals surface area (Å²) in [6.07, 6.45) is 1.44. The molecule has 0 fully saturated rings. The van der Waals surface area contributed by atoms with Gasteiger partial charge >= 0.3 is 0 Å². The van der Waals surface area contributed by atoms with Gasteiger partial charge in [-0.25, -0.2) is 0 Å². The lowest BCUT2D eigenvalue weighted by molar-refractivity contribution is 0.0995. The van der Waals surface area contributed by atoms with Gasteiger partial charge < -0.3 is 16.2 Å². The maximum absolute atomic E-state index is 10.6. The Kier molecular flexibility index (Phi) is 2.60. The summed E-state index contributed by atoms with van der Waals surface area (Å²) in [5.41, 5.74) is 5.77. The highest BCUT2D eigenvalue weighted by molar-refractivity contribution is 5.91. The lowest BCUT2D eigenvalue weighted by atomic mass is 10.3. The van der Waals surface area contributed by atoms with E-state index in [0.29, 0.717) is 5.69 Å². The van der Waals surface area contributed by atoms with Crippen LogP contribution in [-0.2, 0) is 0 Å². The van der Waals surface area contributed by atoms with Crippen LogP contribution in [0, 0.1) is 0 Å². The molecular weight excluding hydrogens is 158 g/mol. The van der Waals surface area contributed by atoms with Gasteiger partial charge in [0.2, 0.25) is 0 Å². The number of aliphatic hydroxyl groups is 1. The molecular formula is C7H9N3O2. The van der Waals surface area contributed by atoms with E-state index in [1.165, 1.54) is 12.3 Å². The van der Waals surface area contributed by atoms with E-state index in [-0.39, 0.29) is 12.4 Å². The molecule has 0 atom stereocenters. The van der Waals surface area contributed by atoms with Gasteiger partial charge in [-0.15, -0.1) is 0 Å². The molecule has 5 heteroatoms. The van der Waals surface area contributed by atoms with Crippen molar-refractivity contribution in [3.63, 3.8) is 0 Å². The fourth-order valence-corrected chi connectivity index (χ4v) is 0.767. The van der Waals surface area contributed by atoms with Gasteiger partial charge in [0, 0.05) is 11.9 Å². The molecule has 1 heterocycles. The number of primary amides is 1. The van der Waals surface area contributed by atoms with Crippen molar-refractivity contribution in [3.05, 3.63) is 24.0 Å². The van der Waals surface area contributed by atoms with E-state index >= 15 is 0 Å². The third-order valence-electron chi connectivity index (χ3n) is 1.30. The molecule has 0 saturated heterocycles. The molecule has 12 heavy (non-hydrogen) atoms. The number of aromatic nitrogens is 1. The Labute approximate surface area is 69.2 Å². The molecule has 1 rings (SSSR count). The van der Waals surface area contributed by atoms with Gasteiger partial charge in [0.05, 0.1) is 0 Å². The fraction of sp³-hybridized carbons (Fsp3) is 0.143. The maximum atomic E-state index is 10.6. The number of nitrogens with zero attached hydrogens (tertiary/aromatic N) is 1. The second kappa shape index (κ2) is 3.68. The molecule has 0 spiro atoms. The molecule has 0 aromatic carbocycles. The maximum Gasteiger partial charge on any atom is 0.267 e. The van der Waals surface area contributed by atoms with E-state index < -0.39 is 5.91 Å². The predicted octanol–water partition coefficient (Wildman–Crippen LogP) is -0.458. The van der Waals surface area contributed by atoms with Crippen molar-refractivity contribution in [3.8, 4) is 0 Å². The summed E-state index contributed by atoms with van der Waals surface area (Å²) in [5, 5.41) is 11.1. The van der Waals surface area contributed by atoms with Crippen LogP contribution >= 0.6 is 0 Å². The van der Waals surface area contributed by atoms with Crippen molar-refractivity contribution in [2.75, 3.05) is 12.0 Å². The standard InChI is InChI=1S/C7H9N3O2/c8-7(12)6-3-5(10-4-11)1-2-9-6/h1-3,11H,4H2,(H2,8,12)(H,9,10). The Hall–Kier alpha value is -1.62. The second-order valence-electron chi connectivity index (χ2n) is 2.13. The van der Waals surface area contributed by atoms with Crippen molar-refractivity contribution in [1.29, 1.82) is 0 Å². The lowest BCUT2D eigenvalue weighted by Gasteiger charge is -2.01. The highest BCUT2D eigenvalue weighted by atomic mass is 16.3. The number of rotatable bonds is 3. The average Bonchev–Trinajstić information content (AvgIpc) is 2.05. The largest absolute Gasteiger partial charge is 0.377 e. The summed E-state index contributed by atoms with van der Waals surface area (Å²) < 4.78 is 0. The zero-order valence-corrected chi connectivity index (χ0v) is 6.32. The number of nitrogens with one attached hydrogen (secondary N) is 1. The van der Waals surface area contributed by atoms with Crippen molar-refractivity contribution in [2.24, 2.45) is 5.73 Å². The van der Waals surface area contributed by atoms with Gasteiger partial charge in [0.25, 0.3) is 5.91 Å². The minimum Gasteiger partial charge on any atom is -0.377 e. The number of anilines is 1. The minimum absolute atomic E-state index is 0.174. The average molecular weight is 167 g/mol. The number of aliphatic hydroxyl groups excluding tert-OH is 1. The molecule has 1 aromatic rings. The molecule has 1 aromatic heterocycles. The van der Waals surface area contributed by atoms with Crippen molar-refractivity contribution in [2.45, 2.75) is 0 Å². The monoisotopic (exact) mass is 167 g/mol. The summed E-state index contributed by atoms with van der Waals surface area (Å²) in [4.78, 5) is 14.4. The van der Waals surface area contributed by atoms with Crippen LogP contribution in [0.15, 0.2) is 18.3 Å². The van der Waals surface area contributed by atoms with Gasteiger partial charge in [-0.2, -0.15) is 0 Å². The van der Waals surface area contributed by atoms with E-state index in [4.69, 9.17) is 10.8 Å². The van der Waals surface area contributed by atoms with Crippen molar-refractivity contribution in [1.82, 2.24) is 4.98 Å². The molecule has 5 nitrogen and oxygen atoms in total. The molecule has 0 aliphatic heterocycles. The number of amides is 1. The molecule has 4 N–H and O–H groups in total. The van der Waals surface area contributed by atoms with E-state index in [9.17, 15) is 4.79 Å². The summed E-state index contributed by atoms with van der Waals surface area (Å²) in [6, 6.07) is 3.10. The fourth-order valence-electron chi connectivity index (χ4n) is 0.767. The zero-order valence-electron chi connectivity index (χ0n) is 6.32. The van der Waals surface area contributed by atoms with Crippen LogP contribution in [0.3, 0.4) is 0 Å². The van der Waals surface area contributed by atoms with Crippen LogP contribution in [0.2, 0.25) is 0 Å². The molecule has 0 unspecified atom stereocenters. The van der Waals surface area contributed by atoms with Crippen LogP contribution in [0.25, 0.3) is 0 Å². The van der Waals surface area contributed by atoms with E-state index in [0.717, 1.165) is 0 Å². The summed E-state index contributed by atoms with van der Waals surface area (Å²) in [6.45, 7) is -0.192. The van der Waals surface area contributed by atoms with Crippen molar-refractivity contribution < 1.29 is 9.90 Å². The van der Waals surface area contributed by atoms with Crippen LogP contribution in [0.1, 0.15) is 10.5 Å². The Morgan fingerprint density at radius 1 is 1.75 bits per heavy atom. The SMILES string of the molecule is NC(=O)c1cc(NCO)ccn1. The van der Waals surface area contributed by atoms with Crippen molar-refractivity contribution >= 4 is 11.6 Å². The molecule has 0 bridgehead atoms. The normalized spacial score (nSPS) is 9.42. The van der Waals surface area contributed by atoms with E-state index in [2.05, 4.69) is 10.3 Å². The minimum atomic E-state index is -0.586. The highest BCUT2D eigenvalue weighted by Gasteiger charge is 2.01. The second-order valence-corrected chi connectivity index (χ2v) is 2.13. The first-order valence-electron chi connectivity index (χ1n) is 3.34. The molecule has 1 amide bonds. The molecule has 0 saturated carbocycles. The topological polar surface area (TPSA) is 88.2 Å². The molecule has 64 valence electrons. The van der Waals surface area contributed by atoms with E-state index in [1.54, 1.807) is 6.07 Å². The Morgan fingerprint density at radius 2 is 2.50 bits per heavy atom. The first kappa shape index (κ1) is 8.48. The van der Waals surface area contributed by atoms with Crippen LogP contribution in [0.4, 0.5) is 5.69 Å². The Balaban J connectivity index is 2.88. The smallest absolute Gasteiger partial charge is 0.267 e.